The largest absolute Gasteiger partial charge is 0.480 e. The second kappa shape index (κ2) is 19.0. The van der Waals surface area contributed by atoms with Crippen LogP contribution in [0.15, 0.2) is 30.3 Å². The number of carboxylic acids is 1. The molecule has 234 valence electrons. The number of amides is 1. The van der Waals surface area contributed by atoms with E-state index in [4.69, 9.17) is 23.7 Å². The van der Waals surface area contributed by atoms with Gasteiger partial charge in [0.05, 0.1) is 12.7 Å². The average molecular weight is 588 g/mol. The van der Waals surface area contributed by atoms with Crippen molar-refractivity contribution in [2.45, 2.75) is 115 Å². The second-order valence-corrected chi connectivity index (χ2v) is 10.3. The molecule has 0 saturated carbocycles. The number of alkyl halides is 2. The molecule has 1 aromatic rings. The van der Waals surface area contributed by atoms with Crippen molar-refractivity contribution in [3.05, 3.63) is 35.9 Å². The van der Waals surface area contributed by atoms with Gasteiger partial charge in [0.1, 0.15) is 31.0 Å². The van der Waals surface area contributed by atoms with Crippen LogP contribution in [0.1, 0.15) is 77.7 Å². The predicted molar refractivity (Wildman–Crippen MR) is 149 cm³/mol. The van der Waals surface area contributed by atoms with Gasteiger partial charge in [-0.15, -0.1) is 0 Å². The summed E-state index contributed by atoms with van der Waals surface area (Å²) in [6.07, 6.45) is -1.18. The Morgan fingerprint density at radius 2 is 1.66 bits per heavy atom. The van der Waals surface area contributed by atoms with E-state index in [9.17, 15) is 14.7 Å². The molecule has 1 aliphatic heterocycles. The maximum atomic E-state index is 15.7. The Morgan fingerprint density at radius 1 is 1.02 bits per heavy atom. The molecule has 41 heavy (non-hydrogen) atoms. The number of unbranched alkanes of at least 4 members (excludes halogenated alkanes) is 3. The number of hydrogen-bond donors (Lipinski definition) is 2. The highest BCUT2D eigenvalue weighted by Gasteiger charge is 2.52. The second-order valence-electron chi connectivity index (χ2n) is 10.3. The Balaban J connectivity index is 2.14. The lowest BCUT2D eigenvalue weighted by molar-refractivity contribution is -0.260. The van der Waals surface area contributed by atoms with E-state index in [1.54, 1.807) is 30.3 Å². The van der Waals surface area contributed by atoms with Gasteiger partial charge in [-0.25, -0.2) is 18.4 Å². The maximum Gasteiger partial charge on any atom is 0.408 e. The Bertz CT molecular complexity index is 875. The molecule has 1 aromatic carbocycles. The number of alkyl carbamates (subject to hydrolysis) is 1. The van der Waals surface area contributed by atoms with Crippen LogP contribution in [0.3, 0.4) is 0 Å². The van der Waals surface area contributed by atoms with Crippen molar-refractivity contribution >= 4 is 12.1 Å². The van der Waals surface area contributed by atoms with E-state index in [0.717, 1.165) is 38.5 Å². The number of aliphatic carboxylic acids is 1. The Hall–Kier alpha value is -2.34. The van der Waals surface area contributed by atoms with Crippen molar-refractivity contribution in [2.24, 2.45) is 0 Å². The van der Waals surface area contributed by atoms with Crippen LogP contribution in [-0.4, -0.2) is 80.0 Å². The van der Waals surface area contributed by atoms with Gasteiger partial charge < -0.3 is 34.1 Å². The quantitative estimate of drug-likeness (QED) is 0.186. The van der Waals surface area contributed by atoms with Crippen molar-refractivity contribution in [2.75, 3.05) is 26.4 Å². The zero-order valence-electron chi connectivity index (χ0n) is 24.5. The molecule has 2 N–H and O–H groups in total. The van der Waals surface area contributed by atoms with E-state index in [1.807, 2.05) is 20.8 Å². The number of rotatable bonds is 20. The molecule has 2 rings (SSSR count). The normalized spacial score (nSPS) is 21.8. The summed E-state index contributed by atoms with van der Waals surface area (Å²) in [7, 11) is 0. The molecular formula is C30H47F2NO8. The molecule has 1 heterocycles. The van der Waals surface area contributed by atoms with Crippen LogP contribution in [0.5, 0.6) is 0 Å². The highest BCUT2D eigenvalue weighted by molar-refractivity contribution is 5.80. The molecule has 0 aliphatic carbocycles. The minimum absolute atomic E-state index is 0.0451. The van der Waals surface area contributed by atoms with E-state index >= 15 is 8.78 Å². The number of hydrogen-bond acceptors (Lipinski definition) is 7. The maximum absolute atomic E-state index is 15.7. The molecule has 1 fully saturated rings. The standard InChI is InChI=1S/C30H47F2NO8/c1-4-7-15-37-21-25-27(39-17-9-6-3)24(38-16-8-5-2)18-26(41-25)30(31,32)19-23(28(34)35)33-29(36)40-20-22-13-11-10-12-14-22/h10-14,23-27H,4-9,15-21H2,1-3H3,(H,33,36)(H,34,35)/t23-,24-,25-,26-,27-/m1/s1. The number of halogens is 2. The lowest BCUT2D eigenvalue weighted by Gasteiger charge is -2.44. The van der Waals surface area contributed by atoms with Gasteiger partial charge in [0.15, 0.2) is 0 Å². The van der Waals surface area contributed by atoms with E-state index in [0.29, 0.717) is 25.4 Å². The number of nitrogens with one attached hydrogen (secondary N) is 1. The van der Waals surface area contributed by atoms with Gasteiger partial charge in [-0.2, -0.15) is 0 Å². The van der Waals surface area contributed by atoms with Crippen molar-refractivity contribution < 1.29 is 47.2 Å². The number of carbonyl (C=O) groups excluding carboxylic acids is 1. The lowest BCUT2D eigenvalue weighted by atomic mass is 9.91. The third-order valence-electron chi connectivity index (χ3n) is 6.83. The molecule has 5 atom stereocenters. The molecule has 0 aromatic heterocycles. The average Bonchev–Trinajstić information content (AvgIpc) is 2.95. The molecule has 0 radical (unpaired) electrons. The van der Waals surface area contributed by atoms with Gasteiger partial charge >= 0.3 is 12.1 Å². The van der Waals surface area contributed by atoms with Crippen LogP contribution in [0, 0.1) is 0 Å². The summed E-state index contributed by atoms with van der Waals surface area (Å²) in [6, 6.07) is 6.84. The fraction of sp³-hybridized carbons (Fsp3) is 0.733. The van der Waals surface area contributed by atoms with Gasteiger partial charge in [0.25, 0.3) is 5.92 Å². The molecular weight excluding hydrogens is 540 g/mol. The summed E-state index contributed by atoms with van der Waals surface area (Å²) < 4.78 is 60.2. The summed E-state index contributed by atoms with van der Waals surface area (Å²) in [4.78, 5) is 24.1. The van der Waals surface area contributed by atoms with E-state index in [2.05, 4.69) is 5.32 Å². The topological polar surface area (TPSA) is 113 Å². The van der Waals surface area contributed by atoms with Crippen molar-refractivity contribution in [3.8, 4) is 0 Å². The Kier molecular flexibility index (Phi) is 16.1. The monoisotopic (exact) mass is 587 g/mol. The molecule has 0 unspecified atom stereocenters. The molecule has 11 heteroatoms. The van der Waals surface area contributed by atoms with Crippen LogP contribution < -0.4 is 5.32 Å². The van der Waals surface area contributed by atoms with Crippen LogP contribution in [0.2, 0.25) is 0 Å². The third kappa shape index (κ3) is 12.6. The minimum Gasteiger partial charge on any atom is -0.480 e. The van der Waals surface area contributed by atoms with Gasteiger partial charge in [0.2, 0.25) is 0 Å². The fourth-order valence-electron chi connectivity index (χ4n) is 4.41. The zero-order valence-corrected chi connectivity index (χ0v) is 24.5. The highest BCUT2D eigenvalue weighted by atomic mass is 19.3. The Morgan fingerprint density at radius 3 is 2.29 bits per heavy atom. The lowest BCUT2D eigenvalue weighted by Crippen LogP contribution is -2.58. The third-order valence-corrected chi connectivity index (χ3v) is 6.83. The molecule has 1 amide bonds. The predicted octanol–water partition coefficient (Wildman–Crippen LogP) is 5.74. The van der Waals surface area contributed by atoms with Crippen LogP contribution >= 0.6 is 0 Å². The molecule has 0 spiro atoms. The van der Waals surface area contributed by atoms with E-state index in [-0.39, 0.29) is 19.6 Å². The van der Waals surface area contributed by atoms with Crippen molar-refractivity contribution in [3.63, 3.8) is 0 Å². The van der Waals surface area contributed by atoms with Crippen LogP contribution in [-0.2, 0) is 35.1 Å². The van der Waals surface area contributed by atoms with Crippen molar-refractivity contribution in [1.29, 1.82) is 0 Å². The first-order chi connectivity index (χ1) is 19.7. The van der Waals surface area contributed by atoms with Gasteiger partial charge in [-0.1, -0.05) is 70.4 Å². The van der Waals surface area contributed by atoms with E-state index in [1.165, 1.54) is 0 Å². The highest BCUT2D eigenvalue weighted by Crippen LogP contribution is 2.37. The molecule has 1 aliphatic rings. The van der Waals surface area contributed by atoms with Gasteiger partial charge in [0, 0.05) is 32.7 Å². The fourth-order valence-corrected chi connectivity index (χ4v) is 4.41. The summed E-state index contributed by atoms with van der Waals surface area (Å²) >= 11 is 0. The summed E-state index contributed by atoms with van der Waals surface area (Å²) in [5.74, 6) is -5.22. The van der Waals surface area contributed by atoms with Crippen LogP contribution in [0.4, 0.5) is 13.6 Å². The molecule has 1 saturated heterocycles. The smallest absolute Gasteiger partial charge is 0.408 e. The van der Waals surface area contributed by atoms with Gasteiger partial charge in [-0.05, 0) is 24.8 Å². The first-order valence-electron chi connectivity index (χ1n) is 14.8. The van der Waals surface area contributed by atoms with Gasteiger partial charge in [-0.3, -0.25) is 0 Å². The Labute approximate surface area is 242 Å². The number of benzene rings is 1. The zero-order chi connectivity index (χ0) is 30.1. The first kappa shape index (κ1) is 34.9. The first-order valence-corrected chi connectivity index (χ1v) is 14.8. The molecule has 9 nitrogen and oxygen atoms in total. The summed E-state index contributed by atoms with van der Waals surface area (Å²) in [5, 5.41) is 11.7. The number of carbonyl (C=O) groups is 2. The van der Waals surface area contributed by atoms with E-state index < -0.39 is 54.9 Å². The molecule has 0 bridgehead atoms. The number of ether oxygens (including phenoxy) is 5. The van der Waals surface area contributed by atoms with Crippen molar-refractivity contribution in [1.82, 2.24) is 5.32 Å². The number of carboxylic acid groups (broad SMARTS) is 1. The SMILES string of the molecule is CCCCOC[C@H]1O[C@@H](C(F)(F)C[C@@H](NC(=O)OCc2ccccc2)C(=O)O)C[C@@H](OCCCC)[C@H]1OCCCC. The minimum atomic E-state index is -3.61. The summed E-state index contributed by atoms with van der Waals surface area (Å²) in [6.45, 7) is 7.24. The summed E-state index contributed by atoms with van der Waals surface area (Å²) in [5.41, 5.74) is 0.674. The van der Waals surface area contributed by atoms with Crippen LogP contribution in [0.25, 0.3) is 0 Å².